The number of anilines is 1. The predicted octanol–water partition coefficient (Wildman–Crippen LogP) is 4.13. The molecular weight excluding hydrogens is 298 g/mol. The summed E-state index contributed by atoms with van der Waals surface area (Å²) in [6, 6.07) is 6.62. The number of rotatable bonds is 6. The summed E-state index contributed by atoms with van der Waals surface area (Å²) >= 11 is 0. The van der Waals surface area contributed by atoms with E-state index in [4.69, 9.17) is 0 Å². The Labute approximate surface area is 147 Å². The number of nitrogens with zero attached hydrogens (tertiary/aromatic N) is 2. The van der Waals surface area contributed by atoms with E-state index in [-0.39, 0.29) is 6.03 Å². The van der Waals surface area contributed by atoms with Gasteiger partial charge in [0, 0.05) is 37.9 Å². The summed E-state index contributed by atoms with van der Waals surface area (Å²) in [4.78, 5) is 17.0. The quantitative estimate of drug-likeness (QED) is 0.850. The van der Waals surface area contributed by atoms with Crippen molar-refractivity contribution < 1.29 is 4.79 Å². The number of hydrogen-bond acceptors (Lipinski definition) is 2. The number of carbonyl (C=O) groups excluding carboxylic acids is 1. The van der Waals surface area contributed by atoms with Gasteiger partial charge in [0.2, 0.25) is 0 Å². The number of likely N-dealkylation sites (tertiary alicyclic amines) is 1. The lowest BCUT2D eigenvalue weighted by atomic mass is 10.0. The van der Waals surface area contributed by atoms with Gasteiger partial charge in [-0.2, -0.15) is 0 Å². The van der Waals surface area contributed by atoms with Gasteiger partial charge in [0.05, 0.1) is 0 Å². The first kappa shape index (κ1) is 18.8. The zero-order chi connectivity index (χ0) is 17.9. The number of hydrogen-bond donors (Lipinski definition) is 1. The van der Waals surface area contributed by atoms with Crippen molar-refractivity contribution in [2.45, 2.75) is 47.6 Å². The third kappa shape index (κ3) is 4.73. The van der Waals surface area contributed by atoms with E-state index < -0.39 is 0 Å². The second-order valence-electron chi connectivity index (χ2n) is 8.00. The van der Waals surface area contributed by atoms with Crippen LogP contribution in [0.2, 0.25) is 0 Å². The highest BCUT2D eigenvalue weighted by molar-refractivity contribution is 5.91. The Morgan fingerprint density at radius 3 is 2.08 bits per heavy atom. The zero-order valence-electron chi connectivity index (χ0n) is 16.1. The molecule has 24 heavy (non-hydrogen) atoms. The van der Waals surface area contributed by atoms with Crippen LogP contribution in [0.4, 0.5) is 10.5 Å². The lowest BCUT2D eigenvalue weighted by molar-refractivity contribution is 0.0464. The summed E-state index contributed by atoms with van der Waals surface area (Å²) in [7, 11) is 0. The van der Waals surface area contributed by atoms with Crippen molar-refractivity contribution in [1.29, 1.82) is 0 Å². The fourth-order valence-electron chi connectivity index (χ4n) is 3.36. The predicted molar refractivity (Wildman–Crippen MR) is 102 cm³/mol. The van der Waals surface area contributed by atoms with Gasteiger partial charge in [-0.05, 0) is 36.8 Å². The van der Waals surface area contributed by atoms with Crippen LogP contribution in [0.15, 0.2) is 18.2 Å². The highest BCUT2D eigenvalue weighted by Gasteiger charge is 2.35. The standard InChI is InChI=1S/C20H33N3O/c1-14(2)10-22(11-15(3)4)18-12-23(13-18)20(24)21-19-16(5)8-7-9-17(19)6/h7-9,14-15,18H,10-13H2,1-6H3,(H,21,24). The van der Waals surface area contributed by atoms with Crippen LogP contribution in [0.25, 0.3) is 0 Å². The monoisotopic (exact) mass is 331 g/mol. The molecular formula is C20H33N3O. The SMILES string of the molecule is Cc1cccc(C)c1NC(=O)N1CC(N(CC(C)C)CC(C)C)C1. The summed E-state index contributed by atoms with van der Waals surface area (Å²) in [5.74, 6) is 1.31. The Kier molecular flexibility index (Phi) is 6.27. The second kappa shape index (κ2) is 8.02. The molecule has 0 aliphatic carbocycles. The van der Waals surface area contributed by atoms with Crippen LogP contribution in [0, 0.1) is 25.7 Å². The van der Waals surface area contributed by atoms with Crippen molar-refractivity contribution >= 4 is 11.7 Å². The third-order valence-electron chi connectivity index (χ3n) is 4.58. The van der Waals surface area contributed by atoms with Gasteiger partial charge in [-0.15, -0.1) is 0 Å². The molecule has 1 fully saturated rings. The molecule has 0 radical (unpaired) electrons. The van der Waals surface area contributed by atoms with E-state index in [0.717, 1.165) is 43.0 Å². The molecule has 0 aromatic heterocycles. The van der Waals surface area contributed by atoms with Crippen molar-refractivity contribution in [1.82, 2.24) is 9.80 Å². The first-order chi connectivity index (χ1) is 11.3. The van der Waals surface area contributed by atoms with Crippen LogP contribution in [-0.4, -0.2) is 48.1 Å². The second-order valence-corrected chi connectivity index (χ2v) is 8.00. The Morgan fingerprint density at radius 1 is 1.12 bits per heavy atom. The molecule has 1 heterocycles. The van der Waals surface area contributed by atoms with Crippen LogP contribution >= 0.6 is 0 Å². The Balaban J connectivity index is 1.91. The summed E-state index contributed by atoms with van der Waals surface area (Å²) in [5.41, 5.74) is 3.18. The molecule has 1 N–H and O–H groups in total. The van der Waals surface area contributed by atoms with Gasteiger partial charge in [-0.25, -0.2) is 4.79 Å². The minimum absolute atomic E-state index is 0.0256. The number of urea groups is 1. The molecule has 2 rings (SSSR count). The van der Waals surface area contributed by atoms with E-state index in [1.54, 1.807) is 0 Å². The topological polar surface area (TPSA) is 35.6 Å². The summed E-state index contributed by atoms with van der Waals surface area (Å²) in [5, 5.41) is 3.09. The molecule has 1 aliphatic rings. The maximum Gasteiger partial charge on any atom is 0.321 e. The van der Waals surface area contributed by atoms with Gasteiger partial charge in [-0.3, -0.25) is 4.90 Å². The van der Waals surface area contributed by atoms with E-state index in [1.165, 1.54) is 0 Å². The first-order valence-corrected chi connectivity index (χ1v) is 9.14. The number of amides is 2. The number of carbonyl (C=O) groups is 1. The highest BCUT2D eigenvalue weighted by atomic mass is 16.2. The van der Waals surface area contributed by atoms with Crippen LogP contribution in [0.1, 0.15) is 38.8 Å². The van der Waals surface area contributed by atoms with E-state index in [9.17, 15) is 4.79 Å². The lowest BCUT2D eigenvalue weighted by Gasteiger charge is -2.46. The van der Waals surface area contributed by atoms with Crippen molar-refractivity contribution in [2.24, 2.45) is 11.8 Å². The summed E-state index contributed by atoms with van der Waals surface area (Å²) in [6.07, 6.45) is 0. The highest BCUT2D eigenvalue weighted by Crippen LogP contribution is 2.23. The Hall–Kier alpha value is -1.55. The minimum atomic E-state index is 0.0256. The van der Waals surface area contributed by atoms with Crippen LogP contribution in [0.3, 0.4) is 0 Å². The number of nitrogens with one attached hydrogen (secondary N) is 1. The summed E-state index contributed by atoms with van der Waals surface area (Å²) < 4.78 is 0. The van der Waals surface area contributed by atoms with Crippen molar-refractivity contribution in [3.8, 4) is 0 Å². The average molecular weight is 332 g/mol. The molecule has 134 valence electrons. The molecule has 1 aromatic carbocycles. The fraction of sp³-hybridized carbons (Fsp3) is 0.650. The van der Waals surface area contributed by atoms with Gasteiger partial charge < -0.3 is 10.2 Å². The smallest absolute Gasteiger partial charge is 0.321 e. The van der Waals surface area contributed by atoms with Crippen molar-refractivity contribution in [3.63, 3.8) is 0 Å². The molecule has 0 spiro atoms. The van der Waals surface area contributed by atoms with Crippen molar-refractivity contribution in [2.75, 3.05) is 31.5 Å². The van der Waals surface area contributed by atoms with Crippen LogP contribution < -0.4 is 5.32 Å². The van der Waals surface area contributed by atoms with Crippen molar-refractivity contribution in [3.05, 3.63) is 29.3 Å². The van der Waals surface area contributed by atoms with Crippen LogP contribution in [-0.2, 0) is 0 Å². The molecule has 0 bridgehead atoms. The van der Waals surface area contributed by atoms with Gasteiger partial charge in [0.1, 0.15) is 0 Å². The Morgan fingerprint density at radius 2 is 1.62 bits per heavy atom. The Bertz CT molecular complexity index is 532. The van der Waals surface area contributed by atoms with Crippen LogP contribution in [0.5, 0.6) is 0 Å². The zero-order valence-corrected chi connectivity index (χ0v) is 16.1. The maximum atomic E-state index is 12.5. The molecule has 1 aromatic rings. The molecule has 1 aliphatic heterocycles. The molecule has 0 atom stereocenters. The third-order valence-corrected chi connectivity index (χ3v) is 4.58. The van der Waals surface area contributed by atoms with Gasteiger partial charge in [0.15, 0.2) is 0 Å². The maximum absolute atomic E-state index is 12.5. The van der Waals surface area contributed by atoms with E-state index in [1.807, 2.05) is 36.9 Å². The molecule has 0 saturated carbocycles. The molecule has 4 nitrogen and oxygen atoms in total. The van der Waals surface area contributed by atoms with E-state index in [0.29, 0.717) is 17.9 Å². The lowest BCUT2D eigenvalue weighted by Crippen LogP contribution is -2.62. The van der Waals surface area contributed by atoms with E-state index in [2.05, 4.69) is 37.9 Å². The number of benzene rings is 1. The van der Waals surface area contributed by atoms with Gasteiger partial charge in [-0.1, -0.05) is 45.9 Å². The summed E-state index contributed by atoms with van der Waals surface area (Å²) in [6.45, 7) is 17.0. The number of aryl methyl sites for hydroxylation is 2. The van der Waals surface area contributed by atoms with Gasteiger partial charge in [0.25, 0.3) is 0 Å². The normalized spacial score (nSPS) is 15.3. The average Bonchev–Trinajstić information content (AvgIpc) is 2.40. The fourth-order valence-corrected chi connectivity index (χ4v) is 3.36. The molecule has 1 saturated heterocycles. The molecule has 2 amide bonds. The first-order valence-electron chi connectivity index (χ1n) is 9.14. The minimum Gasteiger partial charge on any atom is -0.321 e. The molecule has 4 heteroatoms. The molecule has 0 unspecified atom stereocenters. The van der Waals surface area contributed by atoms with E-state index >= 15 is 0 Å². The van der Waals surface area contributed by atoms with Gasteiger partial charge >= 0.3 is 6.03 Å². The number of para-hydroxylation sites is 1. The largest absolute Gasteiger partial charge is 0.321 e.